The van der Waals surface area contributed by atoms with Crippen molar-refractivity contribution < 1.29 is 9.90 Å². The first-order valence-corrected chi connectivity index (χ1v) is 4.44. The van der Waals surface area contributed by atoms with Crippen molar-refractivity contribution in [2.24, 2.45) is 5.73 Å². The summed E-state index contributed by atoms with van der Waals surface area (Å²) < 4.78 is 0. The molecule has 76 valence electrons. The van der Waals surface area contributed by atoms with Crippen molar-refractivity contribution in [2.75, 3.05) is 5.32 Å². The molecule has 0 aliphatic heterocycles. The number of carboxylic acids is 1. The van der Waals surface area contributed by atoms with Gasteiger partial charge in [-0.25, -0.2) is 4.79 Å². The van der Waals surface area contributed by atoms with Gasteiger partial charge in [0.05, 0.1) is 0 Å². The summed E-state index contributed by atoms with van der Waals surface area (Å²) in [6, 6.07) is 9.05. The highest BCUT2D eigenvalue weighted by Crippen LogP contribution is 2.13. The van der Waals surface area contributed by atoms with Crippen LogP contribution < -0.4 is 11.1 Å². The maximum absolute atomic E-state index is 10.9. The molecule has 14 heavy (non-hydrogen) atoms. The average molecular weight is 194 g/mol. The first-order valence-electron chi connectivity index (χ1n) is 4.44. The summed E-state index contributed by atoms with van der Waals surface area (Å²) >= 11 is 0. The van der Waals surface area contributed by atoms with Crippen LogP contribution in [0.25, 0.3) is 0 Å². The Hall–Kier alpha value is -1.55. The van der Waals surface area contributed by atoms with Gasteiger partial charge in [-0.1, -0.05) is 25.1 Å². The normalized spacial score (nSPS) is 14.4. The second-order valence-electron chi connectivity index (χ2n) is 3.12. The Morgan fingerprint density at radius 2 is 2.07 bits per heavy atom. The van der Waals surface area contributed by atoms with Crippen molar-refractivity contribution in [3.8, 4) is 0 Å². The van der Waals surface area contributed by atoms with Crippen LogP contribution in [0.2, 0.25) is 0 Å². The molecular formula is C10H14N2O2. The minimum Gasteiger partial charge on any atom is -0.478 e. The van der Waals surface area contributed by atoms with Gasteiger partial charge in [-0.15, -0.1) is 0 Å². The maximum atomic E-state index is 10.9. The molecule has 1 unspecified atom stereocenters. The van der Waals surface area contributed by atoms with E-state index in [0.717, 1.165) is 0 Å². The van der Waals surface area contributed by atoms with Gasteiger partial charge in [0.2, 0.25) is 0 Å². The summed E-state index contributed by atoms with van der Waals surface area (Å²) in [6.07, 6.45) is 0.317. The van der Waals surface area contributed by atoms with E-state index in [9.17, 15) is 4.79 Å². The molecular weight excluding hydrogens is 180 g/mol. The second-order valence-corrected chi connectivity index (χ2v) is 3.12. The molecule has 1 aromatic carbocycles. The molecule has 0 heterocycles. The lowest BCUT2D eigenvalue weighted by Crippen LogP contribution is -2.54. The predicted molar refractivity (Wildman–Crippen MR) is 54.9 cm³/mol. The Balaban J connectivity index is 2.81. The highest BCUT2D eigenvalue weighted by atomic mass is 16.4. The third kappa shape index (κ3) is 2.23. The zero-order valence-corrected chi connectivity index (χ0v) is 8.03. The van der Waals surface area contributed by atoms with Gasteiger partial charge in [-0.05, 0) is 18.6 Å². The van der Waals surface area contributed by atoms with E-state index in [1.165, 1.54) is 0 Å². The number of carbonyl (C=O) groups is 1. The number of anilines is 1. The van der Waals surface area contributed by atoms with Crippen LogP contribution in [0.4, 0.5) is 5.69 Å². The van der Waals surface area contributed by atoms with Gasteiger partial charge in [0.1, 0.15) is 0 Å². The average Bonchev–Trinajstić information content (AvgIpc) is 2.19. The zero-order valence-electron chi connectivity index (χ0n) is 8.03. The number of carboxylic acid groups (broad SMARTS) is 1. The van der Waals surface area contributed by atoms with Gasteiger partial charge in [0.25, 0.3) is 0 Å². The molecule has 1 rings (SSSR count). The molecule has 0 spiro atoms. The smallest absolute Gasteiger partial charge is 0.344 e. The van der Waals surface area contributed by atoms with E-state index in [1.807, 2.05) is 18.2 Å². The summed E-state index contributed by atoms with van der Waals surface area (Å²) in [5.74, 6) is -1.05. The van der Waals surface area contributed by atoms with Gasteiger partial charge in [-0.3, -0.25) is 5.73 Å². The van der Waals surface area contributed by atoms with E-state index < -0.39 is 11.6 Å². The Labute approximate surface area is 82.7 Å². The lowest BCUT2D eigenvalue weighted by molar-refractivity contribution is -0.142. The Morgan fingerprint density at radius 1 is 1.50 bits per heavy atom. The van der Waals surface area contributed by atoms with Crippen molar-refractivity contribution in [3.63, 3.8) is 0 Å². The van der Waals surface area contributed by atoms with Crippen molar-refractivity contribution in [3.05, 3.63) is 30.3 Å². The fourth-order valence-corrected chi connectivity index (χ4v) is 1.07. The number of hydrogen-bond acceptors (Lipinski definition) is 3. The summed E-state index contributed by atoms with van der Waals surface area (Å²) in [7, 11) is 0. The summed E-state index contributed by atoms with van der Waals surface area (Å²) in [5, 5.41) is 11.7. The standard InChI is InChI=1S/C10H14N2O2/c1-2-10(11,9(13)14)12-8-6-4-3-5-7-8/h3-7,12H,2,11H2,1H3,(H,13,14). The van der Waals surface area contributed by atoms with Crippen molar-refractivity contribution >= 4 is 11.7 Å². The number of nitrogens with two attached hydrogens (primary N) is 1. The minimum absolute atomic E-state index is 0.317. The number of rotatable bonds is 4. The molecule has 0 amide bonds. The van der Waals surface area contributed by atoms with Crippen LogP contribution in [0, 0.1) is 0 Å². The quantitative estimate of drug-likeness (QED) is 0.630. The molecule has 1 aromatic rings. The number of nitrogens with one attached hydrogen (secondary N) is 1. The highest BCUT2D eigenvalue weighted by Gasteiger charge is 2.31. The van der Waals surface area contributed by atoms with Crippen molar-refractivity contribution in [1.82, 2.24) is 0 Å². The van der Waals surface area contributed by atoms with E-state index in [-0.39, 0.29) is 0 Å². The van der Waals surface area contributed by atoms with Crippen LogP contribution in [-0.4, -0.2) is 16.7 Å². The van der Waals surface area contributed by atoms with Gasteiger partial charge >= 0.3 is 5.97 Å². The van der Waals surface area contributed by atoms with Crippen molar-refractivity contribution in [1.29, 1.82) is 0 Å². The van der Waals surface area contributed by atoms with Crippen LogP contribution in [-0.2, 0) is 4.79 Å². The lowest BCUT2D eigenvalue weighted by atomic mass is 10.1. The Morgan fingerprint density at radius 3 is 2.50 bits per heavy atom. The SMILES string of the molecule is CCC(N)(Nc1ccccc1)C(=O)O. The van der Waals surface area contributed by atoms with Crippen LogP contribution in [0.1, 0.15) is 13.3 Å². The third-order valence-corrected chi connectivity index (χ3v) is 2.08. The van der Waals surface area contributed by atoms with E-state index in [0.29, 0.717) is 12.1 Å². The second kappa shape index (κ2) is 4.11. The van der Waals surface area contributed by atoms with E-state index in [4.69, 9.17) is 10.8 Å². The molecule has 0 radical (unpaired) electrons. The number of aliphatic carboxylic acids is 1. The van der Waals surface area contributed by atoms with E-state index >= 15 is 0 Å². The van der Waals surface area contributed by atoms with Gasteiger partial charge in [0.15, 0.2) is 5.66 Å². The molecule has 0 saturated heterocycles. The molecule has 0 bridgehead atoms. The number of benzene rings is 1. The first kappa shape index (κ1) is 10.5. The monoisotopic (exact) mass is 194 g/mol. The molecule has 0 fully saturated rings. The predicted octanol–water partition coefficient (Wildman–Crippen LogP) is 1.25. The largest absolute Gasteiger partial charge is 0.478 e. The zero-order chi connectivity index (χ0) is 10.6. The lowest BCUT2D eigenvalue weighted by Gasteiger charge is -2.25. The fourth-order valence-electron chi connectivity index (χ4n) is 1.07. The van der Waals surface area contributed by atoms with Crippen LogP contribution in [0.15, 0.2) is 30.3 Å². The summed E-state index contributed by atoms with van der Waals surface area (Å²) in [5.41, 5.74) is 4.98. The molecule has 4 heteroatoms. The van der Waals surface area contributed by atoms with Crippen LogP contribution in [0.5, 0.6) is 0 Å². The molecule has 4 N–H and O–H groups in total. The summed E-state index contributed by atoms with van der Waals surface area (Å²) in [6.45, 7) is 1.73. The molecule has 0 saturated carbocycles. The summed E-state index contributed by atoms with van der Waals surface area (Å²) in [4.78, 5) is 10.9. The van der Waals surface area contributed by atoms with E-state index in [2.05, 4.69) is 5.32 Å². The molecule has 0 aromatic heterocycles. The van der Waals surface area contributed by atoms with Crippen molar-refractivity contribution in [2.45, 2.75) is 19.0 Å². The van der Waals surface area contributed by atoms with Crippen LogP contribution >= 0.6 is 0 Å². The Kier molecular flexibility index (Phi) is 3.09. The minimum atomic E-state index is -1.39. The molecule has 0 aliphatic carbocycles. The molecule has 0 aliphatic rings. The Bertz CT molecular complexity index is 313. The van der Waals surface area contributed by atoms with Gasteiger partial charge < -0.3 is 10.4 Å². The van der Waals surface area contributed by atoms with Gasteiger partial charge in [0, 0.05) is 5.69 Å². The fraction of sp³-hybridized carbons (Fsp3) is 0.300. The topological polar surface area (TPSA) is 75.3 Å². The van der Waals surface area contributed by atoms with Gasteiger partial charge in [-0.2, -0.15) is 0 Å². The molecule has 1 atom stereocenters. The number of hydrogen-bond donors (Lipinski definition) is 3. The molecule has 4 nitrogen and oxygen atoms in total. The highest BCUT2D eigenvalue weighted by molar-refractivity contribution is 5.81. The maximum Gasteiger partial charge on any atom is 0.344 e. The first-order chi connectivity index (χ1) is 6.58. The van der Waals surface area contributed by atoms with E-state index in [1.54, 1.807) is 19.1 Å². The third-order valence-electron chi connectivity index (χ3n) is 2.08. The van der Waals surface area contributed by atoms with Crippen LogP contribution in [0.3, 0.4) is 0 Å². The number of para-hydroxylation sites is 1.